The first-order valence-corrected chi connectivity index (χ1v) is 6.69. The first-order chi connectivity index (χ1) is 8.61. The van der Waals surface area contributed by atoms with Gasteiger partial charge < -0.3 is 11.1 Å². The van der Waals surface area contributed by atoms with Crippen LogP contribution < -0.4 is 11.1 Å². The van der Waals surface area contributed by atoms with Crippen LogP contribution in [0.2, 0.25) is 0 Å². The largest absolute Gasteiger partial charge is 0.354 e. The summed E-state index contributed by atoms with van der Waals surface area (Å²) in [5, 5.41) is 2.98. The number of hydrogen-bond donors (Lipinski definition) is 2. The lowest BCUT2D eigenvalue weighted by Crippen LogP contribution is -2.47. The fourth-order valence-electron chi connectivity index (χ4n) is 2.56. The van der Waals surface area contributed by atoms with E-state index in [2.05, 4.69) is 29.6 Å². The van der Waals surface area contributed by atoms with Crippen molar-refractivity contribution in [1.82, 2.24) is 5.32 Å². The van der Waals surface area contributed by atoms with E-state index in [-0.39, 0.29) is 23.7 Å². The normalized spacial score (nSPS) is 17.8. The highest BCUT2D eigenvalue weighted by molar-refractivity contribution is 5.85. The van der Waals surface area contributed by atoms with Gasteiger partial charge in [0.25, 0.3) is 0 Å². The molecule has 0 saturated heterocycles. The van der Waals surface area contributed by atoms with Crippen molar-refractivity contribution in [2.75, 3.05) is 6.54 Å². The first kappa shape index (κ1) is 16.0. The highest BCUT2D eigenvalue weighted by atomic mass is 35.5. The smallest absolute Gasteiger partial charge is 0.236 e. The zero-order valence-corrected chi connectivity index (χ0v) is 12.2. The van der Waals surface area contributed by atoms with E-state index in [0.29, 0.717) is 0 Å². The van der Waals surface area contributed by atoms with Gasteiger partial charge in [-0.1, -0.05) is 36.8 Å². The highest BCUT2D eigenvalue weighted by Crippen LogP contribution is 2.43. The molecule has 1 aliphatic rings. The van der Waals surface area contributed by atoms with Crippen molar-refractivity contribution in [2.24, 2.45) is 11.1 Å². The minimum Gasteiger partial charge on any atom is -0.354 e. The predicted octanol–water partition coefficient (Wildman–Crippen LogP) is 2.28. The van der Waals surface area contributed by atoms with Gasteiger partial charge in [0.2, 0.25) is 5.91 Å². The Balaban J connectivity index is 0.00000180. The molecular formula is C15H23ClN2O. The maximum Gasteiger partial charge on any atom is 0.236 e. The van der Waals surface area contributed by atoms with E-state index in [0.717, 1.165) is 13.0 Å². The molecule has 1 fully saturated rings. The summed E-state index contributed by atoms with van der Waals surface area (Å²) in [6.45, 7) is 2.47. The van der Waals surface area contributed by atoms with Gasteiger partial charge >= 0.3 is 0 Å². The van der Waals surface area contributed by atoms with E-state index in [1.54, 1.807) is 6.92 Å². The molecule has 0 radical (unpaired) electrons. The second-order valence-electron chi connectivity index (χ2n) is 5.52. The molecule has 0 aromatic heterocycles. The van der Waals surface area contributed by atoms with Crippen molar-refractivity contribution < 1.29 is 4.79 Å². The number of carbonyl (C=O) groups excluding carboxylic acids is 1. The summed E-state index contributed by atoms with van der Waals surface area (Å²) in [7, 11) is 0. The number of nitrogens with one attached hydrogen (secondary N) is 1. The molecule has 1 aromatic carbocycles. The van der Waals surface area contributed by atoms with Gasteiger partial charge in [-0.05, 0) is 37.2 Å². The molecule has 1 amide bonds. The molecule has 1 aromatic rings. The average molecular weight is 283 g/mol. The van der Waals surface area contributed by atoms with Crippen molar-refractivity contribution in [3.63, 3.8) is 0 Å². The van der Waals surface area contributed by atoms with Gasteiger partial charge in [0.1, 0.15) is 0 Å². The van der Waals surface area contributed by atoms with Crippen molar-refractivity contribution >= 4 is 18.3 Å². The second-order valence-corrected chi connectivity index (χ2v) is 5.52. The van der Waals surface area contributed by atoms with Crippen LogP contribution in [0.4, 0.5) is 0 Å². The fourth-order valence-corrected chi connectivity index (χ4v) is 2.56. The summed E-state index contributed by atoms with van der Waals surface area (Å²) in [4.78, 5) is 11.5. The zero-order valence-electron chi connectivity index (χ0n) is 11.4. The quantitative estimate of drug-likeness (QED) is 0.871. The van der Waals surface area contributed by atoms with Crippen molar-refractivity contribution in [3.8, 4) is 0 Å². The Hall–Kier alpha value is -1.06. The monoisotopic (exact) mass is 282 g/mol. The molecule has 0 spiro atoms. The van der Waals surface area contributed by atoms with E-state index in [1.807, 2.05) is 6.07 Å². The Bertz CT molecular complexity index is 402. The Morgan fingerprint density at radius 3 is 2.47 bits per heavy atom. The number of rotatable bonds is 5. The Morgan fingerprint density at radius 1 is 1.37 bits per heavy atom. The van der Waals surface area contributed by atoms with Crippen LogP contribution in [0.3, 0.4) is 0 Å². The van der Waals surface area contributed by atoms with Gasteiger partial charge in [-0.3, -0.25) is 4.79 Å². The molecule has 2 rings (SSSR count). The minimum absolute atomic E-state index is 0. The van der Waals surface area contributed by atoms with E-state index in [4.69, 9.17) is 5.73 Å². The molecule has 1 aliphatic carbocycles. The minimum atomic E-state index is -0.418. The average Bonchev–Trinajstić information content (AvgIpc) is 2.33. The molecule has 0 heterocycles. The number of amides is 1. The summed E-state index contributed by atoms with van der Waals surface area (Å²) >= 11 is 0. The summed E-state index contributed by atoms with van der Waals surface area (Å²) in [5.74, 6) is -0.0469. The Kier molecular flexibility index (Phi) is 5.83. The van der Waals surface area contributed by atoms with E-state index < -0.39 is 6.04 Å². The molecule has 3 nitrogen and oxygen atoms in total. The first-order valence-electron chi connectivity index (χ1n) is 6.69. The lowest BCUT2D eigenvalue weighted by Gasteiger charge is -2.42. The Morgan fingerprint density at radius 2 is 2.00 bits per heavy atom. The standard InChI is InChI=1S/C15H22N2O.ClH/c1-12(16)14(18)17-11-15(8-5-9-15)10-13-6-3-2-4-7-13;/h2-4,6-7,12H,5,8-11,16H2,1H3,(H,17,18);1H/t12-;/m0./s1. The highest BCUT2D eigenvalue weighted by Gasteiger charge is 2.37. The third-order valence-electron chi connectivity index (χ3n) is 3.89. The molecule has 0 bridgehead atoms. The van der Waals surface area contributed by atoms with Crippen LogP contribution in [-0.4, -0.2) is 18.5 Å². The maximum absolute atomic E-state index is 11.5. The van der Waals surface area contributed by atoms with E-state index >= 15 is 0 Å². The molecule has 1 saturated carbocycles. The molecule has 4 heteroatoms. The van der Waals surface area contributed by atoms with Gasteiger partial charge in [0.15, 0.2) is 0 Å². The number of halogens is 1. The molecule has 3 N–H and O–H groups in total. The number of carbonyl (C=O) groups is 1. The van der Waals surface area contributed by atoms with Gasteiger partial charge in [-0.15, -0.1) is 12.4 Å². The molecule has 1 atom stereocenters. The van der Waals surface area contributed by atoms with Gasteiger partial charge in [0, 0.05) is 6.54 Å². The number of benzene rings is 1. The summed E-state index contributed by atoms with van der Waals surface area (Å²) < 4.78 is 0. The third-order valence-corrected chi connectivity index (χ3v) is 3.89. The van der Waals surface area contributed by atoms with Crippen molar-refractivity contribution in [3.05, 3.63) is 35.9 Å². The van der Waals surface area contributed by atoms with Crippen molar-refractivity contribution in [1.29, 1.82) is 0 Å². The fraction of sp³-hybridized carbons (Fsp3) is 0.533. The molecule has 106 valence electrons. The van der Waals surface area contributed by atoms with E-state index in [9.17, 15) is 4.79 Å². The van der Waals surface area contributed by atoms with E-state index in [1.165, 1.54) is 24.8 Å². The lowest BCUT2D eigenvalue weighted by atomic mass is 9.65. The van der Waals surface area contributed by atoms with Crippen LogP contribution >= 0.6 is 12.4 Å². The topological polar surface area (TPSA) is 55.1 Å². The SMILES string of the molecule is C[C@H](N)C(=O)NCC1(Cc2ccccc2)CCC1.Cl. The molecule has 19 heavy (non-hydrogen) atoms. The second kappa shape index (κ2) is 6.92. The van der Waals surface area contributed by atoms with Gasteiger partial charge in [-0.2, -0.15) is 0 Å². The molecule has 0 aliphatic heterocycles. The zero-order chi connectivity index (χ0) is 13.0. The Labute approximate surface area is 121 Å². The van der Waals surface area contributed by atoms with Crippen LogP contribution in [0.1, 0.15) is 31.7 Å². The number of hydrogen-bond acceptors (Lipinski definition) is 2. The van der Waals surface area contributed by atoms with Crippen LogP contribution in [0.15, 0.2) is 30.3 Å². The summed E-state index contributed by atoms with van der Waals surface area (Å²) in [6, 6.07) is 10.1. The summed E-state index contributed by atoms with van der Waals surface area (Å²) in [5.41, 5.74) is 7.18. The van der Waals surface area contributed by atoms with Crippen LogP contribution in [0, 0.1) is 5.41 Å². The van der Waals surface area contributed by atoms with Crippen LogP contribution in [0.25, 0.3) is 0 Å². The van der Waals surface area contributed by atoms with Gasteiger partial charge in [0.05, 0.1) is 6.04 Å². The summed E-state index contributed by atoms with van der Waals surface area (Å²) in [6.07, 6.45) is 4.70. The van der Waals surface area contributed by atoms with Gasteiger partial charge in [-0.25, -0.2) is 0 Å². The lowest BCUT2D eigenvalue weighted by molar-refractivity contribution is -0.122. The van der Waals surface area contributed by atoms with Crippen LogP contribution in [-0.2, 0) is 11.2 Å². The van der Waals surface area contributed by atoms with Crippen LogP contribution in [0.5, 0.6) is 0 Å². The third kappa shape index (κ3) is 4.22. The van der Waals surface area contributed by atoms with Crippen molar-refractivity contribution in [2.45, 2.75) is 38.6 Å². The number of nitrogens with two attached hydrogens (primary N) is 1. The predicted molar refractivity (Wildman–Crippen MR) is 80.3 cm³/mol. The molecule has 0 unspecified atom stereocenters. The molecular weight excluding hydrogens is 260 g/mol. The maximum atomic E-state index is 11.5.